The molecule has 0 radical (unpaired) electrons. The van der Waals surface area contributed by atoms with Gasteiger partial charge in [-0.1, -0.05) is 29.8 Å². The van der Waals surface area contributed by atoms with Gasteiger partial charge in [0.05, 0.1) is 5.02 Å². The van der Waals surface area contributed by atoms with Crippen molar-refractivity contribution in [2.24, 2.45) is 0 Å². The van der Waals surface area contributed by atoms with Crippen molar-refractivity contribution in [2.45, 2.75) is 0 Å². The number of para-hydroxylation sites is 1. The van der Waals surface area contributed by atoms with Crippen LogP contribution in [0.3, 0.4) is 0 Å². The van der Waals surface area contributed by atoms with E-state index in [1.54, 1.807) is 36.5 Å². The van der Waals surface area contributed by atoms with Gasteiger partial charge in [-0.2, -0.15) is 5.10 Å². The van der Waals surface area contributed by atoms with Gasteiger partial charge in [0, 0.05) is 18.3 Å². The Bertz CT molecular complexity index is 721. The summed E-state index contributed by atoms with van der Waals surface area (Å²) in [7, 11) is 0. The first-order valence-corrected chi connectivity index (χ1v) is 6.67. The standard InChI is InChI=1S/C16H11ClN2O2/c17-14-9-8-13(20-12-5-2-1-3-6-12)11-15(14)21-16-7-4-10-18-19-16/h1-11H. The lowest BCUT2D eigenvalue weighted by molar-refractivity contribution is 0.444. The van der Waals surface area contributed by atoms with Crippen LogP contribution in [0.2, 0.25) is 5.02 Å². The number of halogens is 1. The van der Waals surface area contributed by atoms with Crippen molar-refractivity contribution in [1.29, 1.82) is 0 Å². The van der Waals surface area contributed by atoms with Gasteiger partial charge in [0.25, 0.3) is 0 Å². The summed E-state index contributed by atoms with van der Waals surface area (Å²) in [5.74, 6) is 2.21. The normalized spacial score (nSPS) is 10.1. The number of ether oxygens (including phenoxy) is 2. The molecule has 0 fully saturated rings. The molecule has 0 spiro atoms. The molecule has 104 valence electrons. The molecule has 4 nitrogen and oxygen atoms in total. The van der Waals surface area contributed by atoms with Crippen LogP contribution in [0.5, 0.6) is 23.1 Å². The largest absolute Gasteiger partial charge is 0.457 e. The van der Waals surface area contributed by atoms with E-state index in [9.17, 15) is 0 Å². The quantitative estimate of drug-likeness (QED) is 0.699. The fraction of sp³-hybridized carbons (Fsp3) is 0. The van der Waals surface area contributed by atoms with Crippen molar-refractivity contribution < 1.29 is 9.47 Å². The van der Waals surface area contributed by atoms with E-state index in [2.05, 4.69) is 10.2 Å². The van der Waals surface area contributed by atoms with Gasteiger partial charge < -0.3 is 9.47 Å². The molecule has 0 amide bonds. The number of benzene rings is 2. The molecule has 0 saturated carbocycles. The smallest absolute Gasteiger partial charge is 0.238 e. The molecule has 5 heteroatoms. The second kappa shape index (κ2) is 6.24. The summed E-state index contributed by atoms with van der Waals surface area (Å²) < 4.78 is 11.3. The van der Waals surface area contributed by atoms with E-state index in [1.807, 2.05) is 30.3 Å². The maximum absolute atomic E-state index is 6.12. The van der Waals surface area contributed by atoms with Gasteiger partial charge in [-0.05, 0) is 30.3 Å². The molecular formula is C16H11ClN2O2. The second-order valence-corrected chi connectivity index (χ2v) is 4.58. The zero-order valence-electron chi connectivity index (χ0n) is 10.9. The molecule has 0 aliphatic heterocycles. The van der Waals surface area contributed by atoms with Crippen LogP contribution < -0.4 is 9.47 Å². The van der Waals surface area contributed by atoms with E-state index in [1.165, 1.54) is 0 Å². The van der Waals surface area contributed by atoms with Crippen LogP contribution in [0, 0.1) is 0 Å². The van der Waals surface area contributed by atoms with Crippen molar-refractivity contribution >= 4 is 11.6 Å². The number of rotatable bonds is 4. The first kappa shape index (κ1) is 13.4. The lowest BCUT2D eigenvalue weighted by Crippen LogP contribution is -1.91. The highest BCUT2D eigenvalue weighted by atomic mass is 35.5. The Balaban J connectivity index is 1.83. The van der Waals surface area contributed by atoms with E-state index in [4.69, 9.17) is 21.1 Å². The Morgan fingerprint density at radius 1 is 0.810 bits per heavy atom. The number of aromatic nitrogens is 2. The Kier molecular flexibility index (Phi) is 3.98. The number of hydrogen-bond donors (Lipinski definition) is 0. The summed E-state index contributed by atoms with van der Waals surface area (Å²) in [6.45, 7) is 0. The monoisotopic (exact) mass is 298 g/mol. The fourth-order valence-electron chi connectivity index (χ4n) is 1.70. The van der Waals surface area contributed by atoms with Crippen LogP contribution in [-0.2, 0) is 0 Å². The topological polar surface area (TPSA) is 44.2 Å². The Hall–Kier alpha value is -2.59. The van der Waals surface area contributed by atoms with Crippen LogP contribution in [-0.4, -0.2) is 10.2 Å². The highest BCUT2D eigenvalue weighted by Gasteiger charge is 2.07. The maximum atomic E-state index is 6.12. The summed E-state index contributed by atoms with van der Waals surface area (Å²) in [6.07, 6.45) is 1.57. The summed E-state index contributed by atoms with van der Waals surface area (Å²) in [5, 5.41) is 8.08. The summed E-state index contributed by atoms with van der Waals surface area (Å²) in [4.78, 5) is 0. The number of nitrogens with zero attached hydrogens (tertiary/aromatic N) is 2. The summed E-state index contributed by atoms with van der Waals surface area (Å²) >= 11 is 6.12. The van der Waals surface area contributed by atoms with Crippen LogP contribution >= 0.6 is 11.6 Å². The average molecular weight is 299 g/mol. The van der Waals surface area contributed by atoms with Crippen LogP contribution in [0.1, 0.15) is 0 Å². The van der Waals surface area contributed by atoms with E-state index in [0.29, 0.717) is 22.4 Å². The minimum absolute atomic E-state index is 0.372. The predicted molar refractivity (Wildman–Crippen MR) is 80.1 cm³/mol. The van der Waals surface area contributed by atoms with Crippen LogP contribution in [0.4, 0.5) is 0 Å². The van der Waals surface area contributed by atoms with Gasteiger partial charge in [0.15, 0.2) is 5.75 Å². The fourth-order valence-corrected chi connectivity index (χ4v) is 1.86. The molecule has 0 bridgehead atoms. The Labute approximate surface area is 126 Å². The molecule has 0 unspecified atom stereocenters. The first-order chi connectivity index (χ1) is 10.3. The minimum atomic E-state index is 0.372. The van der Waals surface area contributed by atoms with Gasteiger partial charge in [-0.3, -0.25) is 0 Å². The third kappa shape index (κ3) is 3.49. The highest BCUT2D eigenvalue weighted by molar-refractivity contribution is 6.32. The molecule has 0 N–H and O–H groups in total. The van der Waals surface area contributed by atoms with Crippen molar-refractivity contribution in [2.75, 3.05) is 0 Å². The highest BCUT2D eigenvalue weighted by Crippen LogP contribution is 2.33. The average Bonchev–Trinajstić information content (AvgIpc) is 2.53. The molecule has 0 aliphatic carbocycles. The predicted octanol–water partition coefficient (Wildman–Crippen LogP) is 4.71. The first-order valence-electron chi connectivity index (χ1n) is 6.29. The molecule has 1 aromatic heterocycles. The molecular weight excluding hydrogens is 288 g/mol. The van der Waals surface area contributed by atoms with Crippen molar-refractivity contribution in [3.8, 4) is 23.1 Å². The van der Waals surface area contributed by atoms with E-state index in [-0.39, 0.29) is 0 Å². The SMILES string of the molecule is Clc1ccc(Oc2ccccc2)cc1Oc1cccnn1. The molecule has 21 heavy (non-hydrogen) atoms. The third-order valence-corrected chi connectivity index (χ3v) is 2.96. The zero-order chi connectivity index (χ0) is 14.5. The summed E-state index contributed by atoms with van der Waals surface area (Å²) in [5.41, 5.74) is 0. The van der Waals surface area contributed by atoms with E-state index >= 15 is 0 Å². The number of hydrogen-bond acceptors (Lipinski definition) is 4. The van der Waals surface area contributed by atoms with Crippen LogP contribution in [0.15, 0.2) is 66.9 Å². The lowest BCUT2D eigenvalue weighted by Gasteiger charge is -2.09. The molecule has 0 aliphatic rings. The van der Waals surface area contributed by atoms with Crippen molar-refractivity contribution in [1.82, 2.24) is 10.2 Å². The van der Waals surface area contributed by atoms with Gasteiger partial charge >= 0.3 is 0 Å². The molecule has 3 aromatic rings. The minimum Gasteiger partial charge on any atom is -0.457 e. The van der Waals surface area contributed by atoms with E-state index < -0.39 is 0 Å². The molecule has 0 atom stereocenters. The van der Waals surface area contributed by atoms with E-state index in [0.717, 1.165) is 5.75 Å². The van der Waals surface area contributed by atoms with Crippen molar-refractivity contribution in [3.05, 3.63) is 71.9 Å². The lowest BCUT2D eigenvalue weighted by atomic mass is 10.3. The van der Waals surface area contributed by atoms with Crippen molar-refractivity contribution in [3.63, 3.8) is 0 Å². The van der Waals surface area contributed by atoms with Gasteiger partial charge in [-0.15, -0.1) is 5.10 Å². The maximum Gasteiger partial charge on any atom is 0.238 e. The molecule has 0 saturated heterocycles. The molecule has 1 heterocycles. The molecule has 2 aromatic carbocycles. The van der Waals surface area contributed by atoms with Crippen LogP contribution in [0.25, 0.3) is 0 Å². The Morgan fingerprint density at radius 2 is 1.67 bits per heavy atom. The van der Waals surface area contributed by atoms with Gasteiger partial charge in [0.2, 0.25) is 5.88 Å². The molecule has 3 rings (SSSR count). The van der Waals surface area contributed by atoms with Gasteiger partial charge in [-0.25, -0.2) is 0 Å². The third-order valence-electron chi connectivity index (χ3n) is 2.64. The zero-order valence-corrected chi connectivity index (χ0v) is 11.7. The Morgan fingerprint density at radius 3 is 2.43 bits per heavy atom. The van der Waals surface area contributed by atoms with Gasteiger partial charge in [0.1, 0.15) is 11.5 Å². The second-order valence-electron chi connectivity index (χ2n) is 4.17. The summed E-state index contributed by atoms with van der Waals surface area (Å²) in [6, 6.07) is 18.1.